The lowest BCUT2D eigenvalue weighted by Gasteiger charge is -2.07. The van der Waals surface area contributed by atoms with E-state index in [4.69, 9.17) is 11.6 Å². The molecule has 0 radical (unpaired) electrons. The minimum Gasteiger partial charge on any atom is -0.313 e. The molecule has 0 heterocycles. The van der Waals surface area contributed by atoms with Crippen molar-refractivity contribution in [3.63, 3.8) is 0 Å². The number of hydrogen-bond donors (Lipinski definition) is 1. The van der Waals surface area contributed by atoms with Gasteiger partial charge in [0.1, 0.15) is 0 Å². The lowest BCUT2D eigenvalue weighted by atomic mass is 10.2. The minimum atomic E-state index is 0.318. The number of alkyl halides is 1. The van der Waals surface area contributed by atoms with Gasteiger partial charge in [0.2, 0.25) is 0 Å². The Bertz CT molecular complexity index is 235. The Morgan fingerprint density at radius 1 is 1.29 bits per heavy atom. The van der Waals surface area contributed by atoms with Gasteiger partial charge in [-0.2, -0.15) is 0 Å². The SMILES string of the molecule is CCC(Cl)CCNCc1ccccc1. The minimum absolute atomic E-state index is 0.318. The molecular weight excluding hydrogens is 194 g/mol. The summed E-state index contributed by atoms with van der Waals surface area (Å²) < 4.78 is 0. The van der Waals surface area contributed by atoms with Crippen LogP contribution in [-0.2, 0) is 6.54 Å². The molecule has 0 aliphatic rings. The maximum Gasteiger partial charge on any atom is 0.0345 e. The maximum atomic E-state index is 6.01. The van der Waals surface area contributed by atoms with Crippen LogP contribution in [-0.4, -0.2) is 11.9 Å². The van der Waals surface area contributed by atoms with Gasteiger partial charge in [0.25, 0.3) is 0 Å². The number of halogens is 1. The first kappa shape index (κ1) is 11.5. The molecule has 0 saturated heterocycles. The van der Waals surface area contributed by atoms with Crippen LogP contribution in [0.1, 0.15) is 25.3 Å². The largest absolute Gasteiger partial charge is 0.313 e. The summed E-state index contributed by atoms with van der Waals surface area (Å²) in [6, 6.07) is 10.4. The van der Waals surface area contributed by atoms with Crippen LogP contribution < -0.4 is 5.32 Å². The maximum absolute atomic E-state index is 6.01. The predicted molar refractivity (Wildman–Crippen MR) is 62.7 cm³/mol. The van der Waals surface area contributed by atoms with Crippen molar-refractivity contribution in [2.75, 3.05) is 6.54 Å². The molecular formula is C12H18ClN. The van der Waals surface area contributed by atoms with Crippen LogP contribution in [0.3, 0.4) is 0 Å². The van der Waals surface area contributed by atoms with Crippen molar-refractivity contribution >= 4 is 11.6 Å². The summed E-state index contributed by atoms with van der Waals surface area (Å²) in [6.07, 6.45) is 2.10. The second kappa shape index (κ2) is 6.86. The molecule has 0 aromatic heterocycles. The number of rotatable bonds is 6. The normalized spacial score (nSPS) is 12.7. The van der Waals surface area contributed by atoms with E-state index < -0.39 is 0 Å². The smallest absolute Gasteiger partial charge is 0.0345 e. The summed E-state index contributed by atoms with van der Waals surface area (Å²) in [5.74, 6) is 0. The highest BCUT2D eigenvalue weighted by Crippen LogP contribution is 2.05. The van der Waals surface area contributed by atoms with Gasteiger partial charge in [-0.05, 0) is 24.9 Å². The average molecular weight is 212 g/mol. The first-order chi connectivity index (χ1) is 6.83. The fourth-order valence-electron chi connectivity index (χ4n) is 1.29. The van der Waals surface area contributed by atoms with Gasteiger partial charge >= 0.3 is 0 Å². The van der Waals surface area contributed by atoms with Crippen LogP contribution in [0.4, 0.5) is 0 Å². The van der Waals surface area contributed by atoms with E-state index in [1.54, 1.807) is 0 Å². The first-order valence-corrected chi connectivity index (χ1v) is 5.65. The van der Waals surface area contributed by atoms with Gasteiger partial charge in [0.05, 0.1) is 0 Å². The van der Waals surface area contributed by atoms with E-state index in [1.165, 1.54) is 5.56 Å². The molecule has 0 aliphatic heterocycles. The van der Waals surface area contributed by atoms with E-state index in [0.29, 0.717) is 5.38 Å². The molecule has 0 fully saturated rings. The van der Waals surface area contributed by atoms with Gasteiger partial charge in [-0.15, -0.1) is 11.6 Å². The van der Waals surface area contributed by atoms with Crippen LogP contribution in [0.2, 0.25) is 0 Å². The standard InChI is InChI=1S/C12H18ClN/c1-2-12(13)8-9-14-10-11-6-4-3-5-7-11/h3-7,12,14H,2,8-10H2,1H3. The molecule has 0 amide bonds. The Morgan fingerprint density at radius 3 is 2.64 bits per heavy atom. The lowest BCUT2D eigenvalue weighted by molar-refractivity contribution is 0.622. The van der Waals surface area contributed by atoms with Crippen molar-refractivity contribution in [3.8, 4) is 0 Å². The molecule has 2 heteroatoms. The van der Waals surface area contributed by atoms with Crippen molar-refractivity contribution in [2.24, 2.45) is 0 Å². The highest BCUT2D eigenvalue weighted by atomic mass is 35.5. The van der Waals surface area contributed by atoms with E-state index in [9.17, 15) is 0 Å². The quantitative estimate of drug-likeness (QED) is 0.563. The van der Waals surface area contributed by atoms with Gasteiger partial charge in [-0.1, -0.05) is 37.3 Å². The zero-order valence-corrected chi connectivity index (χ0v) is 9.43. The molecule has 0 bridgehead atoms. The highest BCUT2D eigenvalue weighted by Gasteiger charge is 1.99. The Hall–Kier alpha value is -0.530. The van der Waals surface area contributed by atoms with Crippen LogP contribution in [0.15, 0.2) is 30.3 Å². The Kier molecular flexibility index (Phi) is 5.65. The van der Waals surface area contributed by atoms with Gasteiger partial charge < -0.3 is 5.32 Å². The van der Waals surface area contributed by atoms with Crippen LogP contribution in [0, 0.1) is 0 Å². The molecule has 1 atom stereocenters. The zero-order chi connectivity index (χ0) is 10.2. The molecule has 1 rings (SSSR count). The summed E-state index contributed by atoms with van der Waals surface area (Å²) in [7, 11) is 0. The second-order valence-electron chi connectivity index (χ2n) is 3.46. The summed E-state index contributed by atoms with van der Waals surface area (Å²) in [5, 5.41) is 3.70. The highest BCUT2D eigenvalue weighted by molar-refractivity contribution is 6.20. The Balaban J connectivity index is 2.10. The molecule has 14 heavy (non-hydrogen) atoms. The van der Waals surface area contributed by atoms with Gasteiger partial charge in [0.15, 0.2) is 0 Å². The van der Waals surface area contributed by atoms with Gasteiger partial charge in [-0.3, -0.25) is 0 Å². The van der Waals surface area contributed by atoms with E-state index in [2.05, 4.69) is 36.5 Å². The van der Waals surface area contributed by atoms with Crippen molar-refractivity contribution in [2.45, 2.75) is 31.7 Å². The molecule has 1 aromatic rings. The fraction of sp³-hybridized carbons (Fsp3) is 0.500. The van der Waals surface area contributed by atoms with Crippen molar-refractivity contribution in [1.82, 2.24) is 5.32 Å². The van der Waals surface area contributed by atoms with Crippen LogP contribution in [0.5, 0.6) is 0 Å². The van der Waals surface area contributed by atoms with Crippen LogP contribution in [0.25, 0.3) is 0 Å². The summed E-state index contributed by atoms with van der Waals surface area (Å²) >= 11 is 6.01. The lowest BCUT2D eigenvalue weighted by Crippen LogP contribution is -2.17. The fourth-order valence-corrected chi connectivity index (χ4v) is 1.40. The summed E-state index contributed by atoms with van der Waals surface area (Å²) in [6.45, 7) is 4.06. The monoisotopic (exact) mass is 211 g/mol. The molecule has 78 valence electrons. The number of benzene rings is 1. The molecule has 1 N–H and O–H groups in total. The van der Waals surface area contributed by atoms with Crippen molar-refractivity contribution in [1.29, 1.82) is 0 Å². The first-order valence-electron chi connectivity index (χ1n) is 5.21. The third-order valence-electron chi connectivity index (χ3n) is 2.25. The van der Waals surface area contributed by atoms with E-state index in [0.717, 1.165) is 25.9 Å². The number of nitrogens with one attached hydrogen (secondary N) is 1. The molecule has 0 aliphatic carbocycles. The Labute approximate surface area is 91.5 Å². The van der Waals surface area contributed by atoms with E-state index in [1.807, 2.05) is 6.07 Å². The molecule has 0 spiro atoms. The van der Waals surface area contributed by atoms with Crippen LogP contribution >= 0.6 is 11.6 Å². The third-order valence-corrected chi connectivity index (χ3v) is 2.78. The molecule has 1 unspecified atom stereocenters. The van der Waals surface area contributed by atoms with E-state index in [-0.39, 0.29) is 0 Å². The molecule has 1 aromatic carbocycles. The van der Waals surface area contributed by atoms with Crippen molar-refractivity contribution in [3.05, 3.63) is 35.9 Å². The average Bonchev–Trinajstić information content (AvgIpc) is 2.25. The summed E-state index contributed by atoms with van der Waals surface area (Å²) in [5.41, 5.74) is 1.33. The van der Waals surface area contributed by atoms with Gasteiger partial charge in [-0.25, -0.2) is 0 Å². The zero-order valence-electron chi connectivity index (χ0n) is 8.67. The number of hydrogen-bond acceptors (Lipinski definition) is 1. The van der Waals surface area contributed by atoms with Crippen molar-refractivity contribution < 1.29 is 0 Å². The third kappa shape index (κ3) is 4.64. The second-order valence-corrected chi connectivity index (χ2v) is 4.07. The topological polar surface area (TPSA) is 12.0 Å². The Morgan fingerprint density at radius 2 is 2.00 bits per heavy atom. The predicted octanol–water partition coefficient (Wildman–Crippen LogP) is 3.18. The van der Waals surface area contributed by atoms with Gasteiger partial charge in [0, 0.05) is 11.9 Å². The van der Waals surface area contributed by atoms with E-state index >= 15 is 0 Å². The molecule has 1 nitrogen and oxygen atoms in total. The molecule has 0 saturated carbocycles. The summed E-state index contributed by atoms with van der Waals surface area (Å²) in [4.78, 5) is 0.